The molecule has 198 valence electrons. The number of carbonyl (C=O) groups excluding carboxylic acids is 1. The molecule has 0 bridgehead atoms. The molecule has 2 rings (SSSR count). The fraction of sp³-hybridized carbons (Fsp3) is 0.850. The number of ether oxygens (including phenoxy) is 5. The third-order valence-electron chi connectivity index (χ3n) is 5.54. The zero-order valence-corrected chi connectivity index (χ0v) is 18.7. The molecule has 1 aliphatic carbocycles. The molecule has 0 aromatic heterocycles. The van der Waals surface area contributed by atoms with Gasteiger partial charge >= 0.3 is 30.0 Å². The van der Waals surface area contributed by atoms with Gasteiger partial charge in [0, 0.05) is 0 Å². The average Bonchev–Trinajstić information content (AvgIpc) is 2.68. The number of rotatable bonds is 7. The van der Waals surface area contributed by atoms with Crippen LogP contribution in [0.5, 0.6) is 0 Å². The first-order chi connectivity index (χ1) is 15.4. The Hall–Kier alpha value is -1.51. The smallest absolute Gasteiger partial charge is 0.450 e. The largest absolute Gasteiger partial charge is 0.459 e. The van der Waals surface area contributed by atoms with Crippen LogP contribution in [0, 0.1) is 0 Å². The zero-order chi connectivity index (χ0) is 26.2. The Kier molecular flexibility index (Phi) is 8.33. The molecule has 0 N–H and O–H groups in total. The van der Waals surface area contributed by atoms with E-state index in [2.05, 4.69) is 16.1 Å². The summed E-state index contributed by atoms with van der Waals surface area (Å²) in [5, 5.41) is 0. The predicted octanol–water partition coefficient (Wildman–Crippen LogP) is 5.41. The van der Waals surface area contributed by atoms with E-state index < -0.39 is 66.5 Å². The molecule has 0 aromatic rings. The minimum atomic E-state index is -5.86. The SMILES string of the molecule is C=C(C(=O)OCC1(C)OC(C)OC(OC(C)OC2CCCCC2)(C(F)(F)F)C1(F)F)C(F)(F)F. The van der Waals surface area contributed by atoms with Crippen molar-refractivity contribution in [3.63, 3.8) is 0 Å². The summed E-state index contributed by atoms with van der Waals surface area (Å²) in [6.07, 6.45) is -12.0. The molecule has 4 atom stereocenters. The van der Waals surface area contributed by atoms with Crippen molar-refractivity contribution in [3.05, 3.63) is 12.2 Å². The fourth-order valence-electron chi connectivity index (χ4n) is 3.80. The second kappa shape index (κ2) is 9.86. The highest BCUT2D eigenvalue weighted by atomic mass is 19.4. The second-order valence-corrected chi connectivity index (χ2v) is 8.36. The number of halogens is 8. The highest BCUT2D eigenvalue weighted by Crippen LogP contribution is 2.56. The Balaban J connectivity index is 2.33. The van der Waals surface area contributed by atoms with E-state index in [4.69, 9.17) is 14.2 Å². The Morgan fingerprint density at radius 2 is 1.65 bits per heavy atom. The van der Waals surface area contributed by atoms with Gasteiger partial charge in [0.2, 0.25) is 0 Å². The van der Waals surface area contributed by atoms with Crippen molar-refractivity contribution in [2.75, 3.05) is 6.61 Å². The molecular weight excluding hydrogens is 488 g/mol. The molecule has 4 unspecified atom stereocenters. The molecule has 6 nitrogen and oxygen atoms in total. The van der Waals surface area contributed by atoms with Gasteiger partial charge < -0.3 is 23.7 Å². The van der Waals surface area contributed by atoms with Gasteiger partial charge in [-0.05, 0) is 33.6 Å². The Morgan fingerprint density at radius 1 is 1.09 bits per heavy atom. The van der Waals surface area contributed by atoms with Crippen molar-refractivity contribution >= 4 is 5.97 Å². The van der Waals surface area contributed by atoms with E-state index in [9.17, 15) is 31.1 Å². The maximum Gasteiger partial charge on any atom is 0.450 e. The normalized spacial score (nSPS) is 31.7. The lowest BCUT2D eigenvalue weighted by Gasteiger charge is -2.53. The highest BCUT2D eigenvalue weighted by Gasteiger charge is 2.82. The van der Waals surface area contributed by atoms with E-state index in [1.807, 2.05) is 0 Å². The molecule has 14 heteroatoms. The first-order valence-electron chi connectivity index (χ1n) is 10.4. The lowest BCUT2D eigenvalue weighted by atomic mass is 9.88. The van der Waals surface area contributed by atoms with Gasteiger partial charge in [0.1, 0.15) is 12.2 Å². The van der Waals surface area contributed by atoms with Crippen molar-refractivity contribution < 1.29 is 63.6 Å². The third-order valence-corrected chi connectivity index (χ3v) is 5.54. The molecule has 1 aliphatic heterocycles. The summed E-state index contributed by atoms with van der Waals surface area (Å²) in [7, 11) is 0. The van der Waals surface area contributed by atoms with Crippen molar-refractivity contribution in [2.45, 2.75) is 101 Å². The Morgan fingerprint density at radius 3 is 2.15 bits per heavy atom. The molecular formula is C20H26F8O6. The second-order valence-electron chi connectivity index (χ2n) is 8.36. The molecule has 2 fully saturated rings. The van der Waals surface area contributed by atoms with Gasteiger partial charge in [-0.1, -0.05) is 25.8 Å². The van der Waals surface area contributed by atoms with Crippen LogP contribution in [0.1, 0.15) is 52.9 Å². The molecule has 0 aromatic carbocycles. The average molecular weight is 514 g/mol. The lowest BCUT2D eigenvalue weighted by molar-refractivity contribution is -0.541. The molecule has 0 amide bonds. The van der Waals surface area contributed by atoms with Crippen LogP contribution in [-0.2, 0) is 28.5 Å². The number of esters is 1. The zero-order valence-electron chi connectivity index (χ0n) is 18.7. The van der Waals surface area contributed by atoms with Crippen LogP contribution in [0.2, 0.25) is 0 Å². The van der Waals surface area contributed by atoms with Gasteiger partial charge in [0.05, 0.1) is 6.10 Å². The Labute approximate surface area is 190 Å². The summed E-state index contributed by atoms with van der Waals surface area (Å²) in [6.45, 7) is 3.04. The molecule has 0 radical (unpaired) electrons. The van der Waals surface area contributed by atoms with Crippen LogP contribution in [0.3, 0.4) is 0 Å². The van der Waals surface area contributed by atoms with E-state index >= 15 is 8.78 Å². The van der Waals surface area contributed by atoms with Crippen molar-refractivity contribution in [3.8, 4) is 0 Å². The third kappa shape index (κ3) is 5.65. The topological polar surface area (TPSA) is 63.2 Å². The minimum Gasteiger partial charge on any atom is -0.459 e. The quantitative estimate of drug-likeness (QED) is 0.196. The first-order valence-corrected chi connectivity index (χ1v) is 10.4. The molecule has 0 spiro atoms. The van der Waals surface area contributed by atoms with Gasteiger partial charge in [-0.15, -0.1) is 0 Å². The van der Waals surface area contributed by atoms with Crippen LogP contribution >= 0.6 is 0 Å². The summed E-state index contributed by atoms with van der Waals surface area (Å²) in [5.74, 6) is -11.9. The monoisotopic (exact) mass is 514 g/mol. The number of carbonyl (C=O) groups is 1. The van der Waals surface area contributed by atoms with Crippen molar-refractivity contribution in [1.29, 1.82) is 0 Å². The summed E-state index contributed by atoms with van der Waals surface area (Å²) < 4.78 is 135. The number of hydrogen-bond acceptors (Lipinski definition) is 6. The summed E-state index contributed by atoms with van der Waals surface area (Å²) >= 11 is 0. The Bertz CT molecular complexity index is 748. The van der Waals surface area contributed by atoms with E-state index in [0.717, 1.165) is 33.1 Å². The van der Waals surface area contributed by atoms with Crippen LogP contribution in [0.15, 0.2) is 12.2 Å². The summed E-state index contributed by atoms with van der Waals surface area (Å²) in [4.78, 5) is 11.6. The molecule has 1 saturated carbocycles. The van der Waals surface area contributed by atoms with E-state index in [1.165, 1.54) is 0 Å². The molecule has 1 saturated heterocycles. The van der Waals surface area contributed by atoms with Crippen molar-refractivity contribution in [1.82, 2.24) is 0 Å². The van der Waals surface area contributed by atoms with Crippen LogP contribution in [0.4, 0.5) is 35.1 Å². The summed E-state index contributed by atoms with van der Waals surface area (Å²) in [5.41, 5.74) is -5.33. The minimum absolute atomic E-state index is 0.437. The lowest BCUT2D eigenvalue weighted by Crippen LogP contribution is -2.76. The maximum atomic E-state index is 15.5. The summed E-state index contributed by atoms with van der Waals surface area (Å²) in [6, 6.07) is 0. The van der Waals surface area contributed by atoms with Gasteiger partial charge in [0.15, 0.2) is 18.2 Å². The van der Waals surface area contributed by atoms with E-state index in [-0.39, 0.29) is 0 Å². The number of hydrogen-bond donors (Lipinski definition) is 0. The van der Waals surface area contributed by atoms with E-state index in [0.29, 0.717) is 19.8 Å². The first kappa shape index (κ1) is 28.7. The van der Waals surface area contributed by atoms with Gasteiger partial charge in [-0.3, -0.25) is 0 Å². The molecule has 34 heavy (non-hydrogen) atoms. The van der Waals surface area contributed by atoms with Crippen LogP contribution in [-0.4, -0.2) is 60.9 Å². The van der Waals surface area contributed by atoms with Crippen LogP contribution < -0.4 is 0 Å². The van der Waals surface area contributed by atoms with Gasteiger partial charge in [0.25, 0.3) is 0 Å². The van der Waals surface area contributed by atoms with Crippen LogP contribution in [0.25, 0.3) is 0 Å². The standard InChI is InChI=1S/C20H26F8O6/c1-11(17(21,22)23)15(29)30-10-16(4)18(24,25)19(20(26,27)28,34-13(3)32-16)33-12(2)31-14-8-6-5-7-9-14/h12-14H,1,5-10H2,2-4H3. The molecule has 2 aliphatic rings. The van der Waals surface area contributed by atoms with Crippen molar-refractivity contribution in [2.24, 2.45) is 0 Å². The molecule has 1 heterocycles. The van der Waals surface area contributed by atoms with Gasteiger partial charge in [-0.2, -0.15) is 35.1 Å². The van der Waals surface area contributed by atoms with E-state index in [1.54, 1.807) is 0 Å². The fourth-order valence-corrected chi connectivity index (χ4v) is 3.80. The maximum absolute atomic E-state index is 15.5. The predicted molar refractivity (Wildman–Crippen MR) is 98.4 cm³/mol. The number of alkyl halides is 8. The highest BCUT2D eigenvalue weighted by molar-refractivity contribution is 5.89. The van der Waals surface area contributed by atoms with Gasteiger partial charge in [-0.25, -0.2) is 4.79 Å².